The van der Waals surface area contributed by atoms with Gasteiger partial charge < -0.3 is 19.7 Å². The van der Waals surface area contributed by atoms with Gasteiger partial charge in [0.1, 0.15) is 22.4 Å². The third kappa shape index (κ3) is 3.59. The summed E-state index contributed by atoms with van der Waals surface area (Å²) < 4.78 is 35.9. The fraction of sp³-hybridized carbons (Fsp3) is 0.364. The second-order valence-corrected chi connectivity index (χ2v) is 5.39. The topological polar surface area (TPSA) is 122 Å². The molecule has 1 atom stereocenters. The van der Waals surface area contributed by atoms with Crippen molar-refractivity contribution in [3.63, 3.8) is 0 Å². The maximum Gasteiger partial charge on any atom is 0.324 e. The third-order valence-electron chi connectivity index (χ3n) is 2.44. The minimum Gasteiger partial charge on any atom is -0.497 e. The number of carboxylic acid groups (broad SMARTS) is 1. The van der Waals surface area contributed by atoms with Crippen molar-refractivity contribution >= 4 is 16.0 Å². The largest absolute Gasteiger partial charge is 0.497 e. The smallest absolute Gasteiger partial charge is 0.324 e. The van der Waals surface area contributed by atoms with Crippen LogP contribution in [0.15, 0.2) is 23.1 Å². The Kier molecular flexibility index (Phi) is 5.31. The molecule has 0 aliphatic heterocycles. The Morgan fingerprint density at radius 3 is 2.45 bits per heavy atom. The Morgan fingerprint density at radius 2 is 2.00 bits per heavy atom. The van der Waals surface area contributed by atoms with E-state index in [4.69, 9.17) is 19.7 Å². The third-order valence-corrected chi connectivity index (χ3v) is 3.95. The molecular formula is C11H15NO7S. The van der Waals surface area contributed by atoms with Gasteiger partial charge in [-0.05, 0) is 12.1 Å². The van der Waals surface area contributed by atoms with Gasteiger partial charge in [0.2, 0.25) is 10.0 Å². The van der Waals surface area contributed by atoms with E-state index in [0.717, 1.165) is 0 Å². The van der Waals surface area contributed by atoms with Gasteiger partial charge in [-0.15, -0.1) is 0 Å². The first-order chi connectivity index (χ1) is 9.35. The molecule has 0 aliphatic rings. The molecule has 0 saturated carbocycles. The van der Waals surface area contributed by atoms with Crippen LogP contribution < -0.4 is 14.2 Å². The van der Waals surface area contributed by atoms with Crippen molar-refractivity contribution in [3.05, 3.63) is 18.2 Å². The number of aliphatic carboxylic acids is 1. The van der Waals surface area contributed by atoms with Crippen LogP contribution in [0.25, 0.3) is 0 Å². The van der Waals surface area contributed by atoms with Crippen molar-refractivity contribution in [2.75, 3.05) is 20.8 Å². The van der Waals surface area contributed by atoms with E-state index in [2.05, 4.69) is 0 Å². The lowest BCUT2D eigenvalue weighted by atomic mass is 10.3. The van der Waals surface area contributed by atoms with Gasteiger partial charge in [-0.1, -0.05) is 0 Å². The zero-order valence-electron chi connectivity index (χ0n) is 10.9. The molecule has 0 fully saturated rings. The zero-order chi connectivity index (χ0) is 15.3. The van der Waals surface area contributed by atoms with E-state index in [1.807, 2.05) is 4.72 Å². The van der Waals surface area contributed by atoms with Gasteiger partial charge in [0.15, 0.2) is 0 Å². The minimum absolute atomic E-state index is 0.000992. The van der Waals surface area contributed by atoms with Gasteiger partial charge in [0, 0.05) is 6.07 Å². The Morgan fingerprint density at radius 1 is 1.35 bits per heavy atom. The van der Waals surface area contributed by atoms with Crippen molar-refractivity contribution in [1.82, 2.24) is 4.72 Å². The van der Waals surface area contributed by atoms with E-state index < -0.39 is 28.6 Å². The number of benzene rings is 1. The molecule has 0 amide bonds. The van der Waals surface area contributed by atoms with Crippen molar-refractivity contribution in [3.8, 4) is 11.5 Å². The number of hydrogen-bond donors (Lipinski definition) is 3. The molecule has 0 saturated heterocycles. The number of carboxylic acids is 1. The first kappa shape index (κ1) is 16.2. The summed E-state index contributed by atoms with van der Waals surface area (Å²) in [6.45, 7) is -0.868. The molecule has 0 aromatic heterocycles. The van der Waals surface area contributed by atoms with Crippen LogP contribution >= 0.6 is 0 Å². The van der Waals surface area contributed by atoms with E-state index in [-0.39, 0.29) is 10.6 Å². The molecule has 8 nitrogen and oxygen atoms in total. The van der Waals surface area contributed by atoms with E-state index in [1.54, 1.807) is 0 Å². The van der Waals surface area contributed by atoms with Gasteiger partial charge in [-0.25, -0.2) is 8.42 Å². The van der Waals surface area contributed by atoms with Crippen LogP contribution in [-0.4, -0.2) is 51.5 Å². The predicted octanol–water partition coefficient (Wildman–Crippen LogP) is -0.572. The molecule has 0 heterocycles. The van der Waals surface area contributed by atoms with Gasteiger partial charge in [-0.2, -0.15) is 4.72 Å². The highest BCUT2D eigenvalue weighted by molar-refractivity contribution is 7.89. The predicted molar refractivity (Wildman–Crippen MR) is 68.4 cm³/mol. The summed E-state index contributed by atoms with van der Waals surface area (Å²) in [6.07, 6.45) is 0. The van der Waals surface area contributed by atoms with Crippen LogP contribution in [0.5, 0.6) is 11.5 Å². The van der Waals surface area contributed by atoms with Crippen LogP contribution in [0.3, 0.4) is 0 Å². The normalized spacial score (nSPS) is 12.8. The lowest BCUT2D eigenvalue weighted by Gasteiger charge is -2.15. The second kappa shape index (κ2) is 6.55. The lowest BCUT2D eigenvalue weighted by molar-refractivity contribution is -0.139. The Labute approximate surface area is 116 Å². The molecule has 0 radical (unpaired) electrons. The average molecular weight is 305 g/mol. The molecule has 20 heavy (non-hydrogen) atoms. The number of rotatable bonds is 7. The quantitative estimate of drug-likeness (QED) is 0.616. The molecule has 1 rings (SSSR count). The summed E-state index contributed by atoms with van der Waals surface area (Å²) in [5.41, 5.74) is 0. The monoisotopic (exact) mass is 305 g/mol. The first-order valence-corrected chi connectivity index (χ1v) is 6.92. The van der Waals surface area contributed by atoms with E-state index in [0.29, 0.717) is 5.75 Å². The van der Waals surface area contributed by atoms with Crippen LogP contribution in [0.4, 0.5) is 0 Å². The number of nitrogens with one attached hydrogen (secondary N) is 1. The van der Waals surface area contributed by atoms with Crippen molar-refractivity contribution < 1.29 is 32.9 Å². The summed E-state index contributed by atoms with van der Waals surface area (Å²) in [7, 11) is -1.47. The van der Waals surface area contributed by atoms with Gasteiger partial charge in [0.25, 0.3) is 0 Å². The number of sulfonamides is 1. The maximum atomic E-state index is 12.1. The standard InChI is InChI=1S/C11H15NO7S/c1-18-7-3-4-10(9(5-7)19-2)20(16,17)12-8(6-13)11(14)15/h3-5,8,12-13H,6H2,1-2H3,(H,14,15)/t8-/m1/s1. The van der Waals surface area contributed by atoms with Crippen LogP contribution in [0.1, 0.15) is 0 Å². The lowest BCUT2D eigenvalue weighted by Crippen LogP contribution is -2.43. The van der Waals surface area contributed by atoms with Crippen LogP contribution in [-0.2, 0) is 14.8 Å². The average Bonchev–Trinajstić information content (AvgIpc) is 2.43. The second-order valence-electron chi connectivity index (χ2n) is 3.71. The SMILES string of the molecule is COc1ccc(S(=O)(=O)N[C@H](CO)C(=O)O)c(OC)c1. The van der Waals surface area contributed by atoms with E-state index in [1.165, 1.54) is 32.4 Å². The van der Waals surface area contributed by atoms with E-state index in [9.17, 15) is 13.2 Å². The number of aliphatic hydroxyl groups excluding tert-OH is 1. The van der Waals surface area contributed by atoms with E-state index >= 15 is 0 Å². The summed E-state index contributed by atoms with van der Waals surface area (Å²) in [6, 6.07) is 2.33. The Bertz CT molecular complexity index is 584. The summed E-state index contributed by atoms with van der Waals surface area (Å²) in [4.78, 5) is 10.5. The summed E-state index contributed by atoms with van der Waals surface area (Å²) >= 11 is 0. The fourth-order valence-electron chi connectivity index (χ4n) is 1.41. The fourth-order valence-corrected chi connectivity index (χ4v) is 2.74. The Balaban J connectivity index is 3.18. The minimum atomic E-state index is -4.16. The van der Waals surface area contributed by atoms with Crippen molar-refractivity contribution in [2.45, 2.75) is 10.9 Å². The number of ether oxygens (including phenoxy) is 2. The van der Waals surface area contributed by atoms with Crippen molar-refractivity contribution in [2.24, 2.45) is 0 Å². The summed E-state index contributed by atoms with van der Waals surface area (Å²) in [5, 5.41) is 17.6. The first-order valence-electron chi connectivity index (χ1n) is 5.43. The molecule has 9 heteroatoms. The molecular weight excluding hydrogens is 290 g/mol. The Hall–Kier alpha value is -1.84. The molecule has 0 aliphatic carbocycles. The van der Waals surface area contributed by atoms with Gasteiger partial charge >= 0.3 is 5.97 Å². The highest BCUT2D eigenvalue weighted by atomic mass is 32.2. The number of hydrogen-bond acceptors (Lipinski definition) is 6. The highest BCUT2D eigenvalue weighted by Crippen LogP contribution is 2.28. The highest BCUT2D eigenvalue weighted by Gasteiger charge is 2.27. The molecule has 112 valence electrons. The number of methoxy groups -OCH3 is 2. The molecule has 0 bridgehead atoms. The molecule has 0 spiro atoms. The van der Waals surface area contributed by atoms with Crippen LogP contribution in [0, 0.1) is 0 Å². The van der Waals surface area contributed by atoms with Gasteiger partial charge in [-0.3, -0.25) is 4.79 Å². The van der Waals surface area contributed by atoms with Crippen LogP contribution in [0.2, 0.25) is 0 Å². The summed E-state index contributed by atoms with van der Waals surface area (Å²) in [5.74, 6) is -1.10. The zero-order valence-corrected chi connectivity index (χ0v) is 11.7. The molecule has 1 aromatic rings. The number of aliphatic hydroxyl groups is 1. The maximum absolute atomic E-state index is 12.1. The molecule has 1 aromatic carbocycles. The van der Waals surface area contributed by atoms with Crippen molar-refractivity contribution in [1.29, 1.82) is 0 Å². The number of carbonyl (C=O) groups is 1. The van der Waals surface area contributed by atoms with Gasteiger partial charge in [0.05, 0.1) is 20.8 Å². The molecule has 0 unspecified atom stereocenters. The molecule has 3 N–H and O–H groups in total.